The van der Waals surface area contributed by atoms with Crippen LogP contribution in [0, 0.1) is 0 Å². The number of nitrogens with zero attached hydrogens (tertiary/aromatic N) is 3. The van der Waals surface area contributed by atoms with Gasteiger partial charge >= 0.3 is 0 Å². The second kappa shape index (κ2) is 10.00. The first-order valence-corrected chi connectivity index (χ1v) is 11.5. The first-order chi connectivity index (χ1) is 14.0. The van der Waals surface area contributed by atoms with Gasteiger partial charge in [0.2, 0.25) is 10.0 Å². The first kappa shape index (κ1) is 21.5. The second-order valence-electron chi connectivity index (χ2n) is 6.95. The van der Waals surface area contributed by atoms with Crippen molar-refractivity contribution in [3.8, 4) is 0 Å². The predicted molar refractivity (Wildman–Crippen MR) is 114 cm³/mol. The molecule has 29 heavy (non-hydrogen) atoms. The van der Waals surface area contributed by atoms with Crippen molar-refractivity contribution in [3.63, 3.8) is 0 Å². The summed E-state index contributed by atoms with van der Waals surface area (Å²) in [7, 11) is -3.56. The lowest BCUT2D eigenvalue weighted by Gasteiger charge is -2.29. The van der Waals surface area contributed by atoms with Crippen LogP contribution in [0.15, 0.2) is 41.6 Å². The highest BCUT2D eigenvalue weighted by atomic mass is 32.2. The molecule has 0 unspecified atom stereocenters. The molecule has 1 saturated heterocycles. The first-order valence-electron chi connectivity index (χ1n) is 10.0. The maximum Gasteiger partial charge on any atom is 0.242 e. The van der Waals surface area contributed by atoms with E-state index in [1.165, 1.54) is 6.20 Å². The van der Waals surface area contributed by atoms with Crippen molar-refractivity contribution in [1.29, 1.82) is 0 Å². The van der Waals surface area contributed by atoms with E-state index in [1.807, 2.05) is 26.0 Å². The number of hydrogen-bond donors (Lipinski definition) is 2. The van der Waals surface area contributed by atoms with Crippen LogP contribution in [-0.4, -0.2) is 50.7 Å². The SMILES string of the molecule is CCC(CC)NS(=O)(=O)c1ccc(NCc2cccnc2N2CCOCC2)nc1. The summed E-state index contributed by atoms with van der Waals surface area (Å²) in [4.78, 5) is 11.2. The molecule has 2 N–H and O–H groups in total. The van der Waals surface area contributed by atoms with Gasteiger partial charge in [0.1, 0.15) is 16.5 Å². The zero-order chi connectivity index (χ0) is 20.7. The Morgan fingerprint density at radius 2 is 1.90 bits per heavy atom. The van der Waals surface area contributed by atoms with Gasteiger partial charge in [0.05, 0.1) is 13.2 Å². The van der Waals surface area contributed by atoms with Crippen LogP contribution in [0.3, 0.4) is 0 Å². The molecule has 0 aliphatic carbocycles. The lowest BCUT2D eigenvalue weighted by molar-refractivity contribution is 0.122. The molecule has 0 spiro atoms. The topological polar surface area (TPSA) is 96.5 Å². The monoisotopic (exact) mass is 419 g/mol. The Morgan fingerprint density at radius 3 is 2.55 bits per heavy atom. The third-order valence-electron chi connectivity index (χ3n) is 4.99. The quantitative estimate of drug-likeness (QED) is 0.644. The molecule has 0 amide bonds. The van der Waals surface area contributed by atoms with Crippen molar-refractivity contribution in [1.82, 2.24) is 14.7 Å². The van der Waals surface area contributed by atoms with E-state index in [-0.39, 0.29) is 10.9 Å². The maximum atomic E-state index is 12.5. The van der Waals surface area contributed by atoms with Crippen LogP contribution in [0.1, 0.15) is 32.3 Å². The highest BCUT2D eigenvalue weighted by molar-refractivity contribution is 7.89. The summed E-state index contributed by atoms with van der Waals surface area (Å²) in [5.41, 5.74) is 1.06. The van der Waals surface area contributed by atoms with Gasteiger partial charge in [-0.2, -0.15) is 0 Å². The number of hydrogen-bond acceptors (Lipinski definition) is 7. The van der Waals surface area contributed by atoms with Gasteiger partial charge in [-0.15, -0.1) is 0 Å². The van der Waals surface area contributed by atoms with Gasteiger partial charge in [-0.1, -0.05) is 19.9 Å². The van der Waals surface area contributed by atoms with Crippen LogP contribution in [0.2, 0.25) is 0 Å². The number of morpholine rings is 1. The van der Waals surface area contributed by atoms with Gasteiger partial charge in [0.25, 0.3) is 0 Å². The fourth-order valence-electron chi connectivity index (χ4n) is 3.20. The van der Waals surface area contributed by atoms with E-state index in [2.05, 4.69) is 24.9 Å². The number of sulfonamides is 1. The molecule has 3 rings (SSSR count). The van der Waals surface area contributed by atoms with Gasteiger partial charge in [0.15, 0.2) is 0 Å². The Balaban J connectivity index is 1.65. The summed E-state index contributed by atoms with van der Waals surface area (Å²) in [5.74, 6) is 1.56. The number of aromatic nitrogens is 2. The average Bonchev–Trinajstić information content (AvgIpc) is 2.77. The second-order valence-corrected chi connectivity index (χ2v) is 8.67. The zero-order valence-corrected chi connectivity index (χ0v) is 17.8. The molecule has 1 aliphatic rings. The smallest absolute Gasteiger partial charge is 0.242 e. The van der Waals surface area contributed by atoms with Crippen molar-refractivity contribution < 1.29 is 13.2 Å². The van der Waals surface area contributed by atoms with Crippen LogP contribution in [-0.2, 0) is 21.3 Å². The molecule has 9 heteroatoms. The minimum Gasteiger partial charge on any atom is -0.378 e. The summed E-state index contributed by atoms with van der Waals surface area (Å²) in [6.07, 6.45) is 4.68. The normalized spacial score (nSPS) is 14.9. The third-order valence-corrected chi connectivity index (χ3v) is 6.50. The van der Waals surface area contributed by atoms with E-state index in [1.54, 1.807) is 18.3 Å². The van der Waals surface area contributed by atoms with E-state index < -0.39 is 10.0 Å². The molecule has 0 atom stereocenters. The van der Waals surface area contributed by atoms with Gasteiger partial charge in [-0.3, -0.25) is 0 Å². The number of pyridine rings is 2. The molecule has 0 aromatic carbocycles. The van der Waals surface area contributed by atoms with Crippen molar-refractivity contribution in [2.24, 2.45) is 0 Å². The fraction of sp³-hybridized carbons (Fsp3) is 0.500. The standard InChI is InChI=1S/C20H29N5O3S/c1-3-17(4-2)24-29(26,27)18-7-8-19(23-15-18)22-14-16-6-5-9-21-20(16)25-10-12-28-13-11-25/h5-9,15,17,24H,3-4,10-14H2,1-2H3,(H,22,23). The van der Waals surface area contributed by atoms with Crippen LogP contribution >= 0.6 is 0 Å². The molecule has 0 bridgehead atoms. The Morgan fingerprint density at radius 1 is 1.14 bits per heavy atom. The lowest BCUT2D eigenvalue weighted by Crippen LogP contribution is -2.37. The minimum absolute atomic E-state index is 0.0676. The molecule has 8 nitrogen and oxygen atoms in total. The Kier molecular flexibility index (Phi) is 7.40. The summed E-state index contributed by atoms with van der Waals surface area (Å²) in [6.45, 7) is 7.51. The Labute approximate surface area is 172 Å². The Bertz CT molecular complexity index is 879. The molecule has 2 aromatic rings. The highest BCUT2D eigenvalue weighted by Crippen LogP contribution is 2.20. The van der Waals surface area contributed by atoms with E-state index in [4.69, 9.17) is 4.74 Å². The van der Waals surface area contributed by atoms with Crippen molar-refractivity contribution in [2.75, 3.05) is 36.5 Å². The molecule has 1 fully saturated rings. The molecule has 1 aliphatic heterocycles. The summed E-state index contributed by atoms with van der Waals surface area (Å²) >= 11 is 0. The number of ether oxygens (including phenoxy) is 1. The highest BCUT2D eigenvalue weighted by Gasteiger charge is 2.19. The van der Waals surface area contributed by atoms with Crippen molar-refractivity contribution >= 4 is 21.7 Å². The van der Waals surface area contributed by atoms with Crippen LogP contribution in [0.25, 0.3) is 0 Å². The van der Waals surface area contributed by atoms with Gasteiger partial charge in [-0.05, 0) is 31.0 Å². The maximum absolute atomic E-state index is 12.5. The molecular formula is C20H29N5O3S. The molecule has 158 valence electrons. The van der Waals surface area contributed by atoms with E-state index >= 15 is 0 Å². The number of nitrogens with one attached hydrogen (secondary N) is 2. The summed E-state index contributed by atoms with van der Waals surface area (Å²) in [6, 6.07) is 7.14. The van der Waals surface area contributed by atoms with Crippen LogP contribution in [0.4, 0.5) is 11.6 Å². The van der Waals surface area contributed by atoms with E-state index in [9.17, 15) is 8.42 Å². The van der Waals surface area contributed by atoms with Crippen molar-refractivity contribution in [2.45, 2.75) is 44.2 Å². The summed E-state index contributed by atoms with van der Waals surface area (Å²) < 4.78 is 33.1. The van der Waals surface area contributed by atoms with E-state index in [0.717, 1.165) is 37.3 Å². The molecule has 3 heterocycles. The fourth-order valence-corrected chi connectivity index (χ4v) is 4.55. The van der Waals surface area contributed by atoms with Gasteiger partial charge in [0, 0.05) is 43.6 Å². The molecular weight excluding hydrogens is 390 g/mol. The number of rotatable bonds is 9. The van der Waals surface area contributed by atoms with Crippen molar-refractivity contribution in [3.05, 3.63) is 42.2 Å². The summed E-state index contributed by atoms with van der Waals surface area (Å²) in [5, 5.41) is 3.26. The lowest BCUT2D eigenvalue weighted by atomic mass is 10.2. The van der Waals surface area contributed by atoms with Crippen LogP contribution in [0.5, 0.6) is 0 Å². The number of anilines is 2. The molecule has 2 aromatic heterocycles. The van der Waals surface area contributed by atoms with Gasteiger partial charge in [-0.25, -0.2) is 23.1 Å². The molecule has 0 radical (unpaired) electrons. The van der Waals surface area contributed by atoms with Crippen LogP contribution < -0.4 is 14.9 Å². The largest absolute Gasteiger partial charge is 0.378 e. The van der Waals surface area contributed by atoms with Gasteiger partial charge < -0.3 is 15.0 Å². The molecule has 0 saturated carbocycles. The predicted octanol–water partition coefficient (Wildman–Crippen LogP) is 2.39. The third kappa shape index (κ3) is 5.65. The Hall–Kier alpha value is -2.23. The average molecular weight is 420 g/mol. The van der Waals surface area contributed by atoms with E-state index in [0.29, 0.717) is 25.6 Å². The zero-order valence-electron chi connectivity index (χ0n) is 17.0. The minimum atomic E-state index is -3.56.